The van der Waals surface area contributed by atoms with E-state index in [1.165, 1.54) is 7.11 Å². The molecule has 3 fully saturated rings. The van der Waals surface area contributed by atoms with Crippen LogP contribution in [0, 0.1) is 12.3 Å². The molecule has 0 radical (unpaired) electrons. The van der Waals surface area contributed by atoms with Crippen molar-refractivity contribution in [3.05, 3.63) is 58.8 Å². The van der Waals surface area contributed by atoms with Gasteiger partial charge >= 0.3 is 12.1 Å². The van der Waals surface area contributed by atoms with Gasteiger partial charge in [0.05, 0.1) is 25.3 Å². The molecule has 2 aromatic carbocycles. The Morgan fingerprint density at radius 1 is 1.02 bits per heavy atom. The standard InChI is InChI=1S/C36H45F2N3O5/c1-23-17-30(44-5)27(25-11-15-41(31(23)25)33(43)46-34(2,3)4)20-40-16-12-35(21-36(37,38)22-35)19-29(40)26-10-9-24(32(42)45-6)18-28(26)39-13-7-8-14-39/h9-11,15,17-18,29H,7-8,12-14,16,19-22H2,1-6H3/t29-/m1/s1. The van der Waals surface area contributed by atoms with Crippen LogP contribution in [0.3, 0.4) is 0 Å². The van der Waals surface area contributed by atoms with E-state index in [1.54, 1.807) is 23.9 Å². The Kier molecular flexibility index (Phi) is 8.32. The Hall–Kier alpha value is -3.66. The van der Waals surface area contributed by atoms with E-state index in [9.17, 15) is 18.4 Å². The van der Waals surface area contributed by atoms with Gasteiger partial charge in [0.2, 0.25) is 5.92 Å². The summed E-state index contributed by atoms with van der Waals surface area (Å²) in [6, 6.07) is 9.41. The highest BCUT2D eigenvalue weighted by atomic mass is 19.3. The second kappa shape index (κ2) is 11.9. The van der Waals surface area contributed by atoms with Crippen LogP contribution < -0.4 is 9.64 Å². The summed E-state index contributed by atoms with van der Waals surface area (Å²) >= 11 is 0. The van der Waals surface area contributed by atoms with Gasteiger partial charge in [-0.3, -0.25) is 9.47 Å². The minimum Gasteiger partial charge on any atom is -0.496 e. The second-order valence-electron chi connectivity index (χ2n) is 14.4. The van der Waals surface area contributed by atoms with E-state index in [1.807, 2.05) is 52.0 Å². The summed E-state index contributed by atoms with van der Waals surface area (Å²) < 4.78 is 47.0. The summed E-state index contributed by atoms with van der Waals surface area (Å²) in [4.78, 5) is 30.4. The van der Waals surface area contributed by atoms with Gasteiger partial charge in [0.15, 0.2) is 0 Å². The molecule has 3 aliphatic rings. The topological polar surface area (TPSA) is 73.2 Å². The van der Waals surface area contributed by atoms with Crippen molar-refractivity contribution in [2.24, 2.45) is 5.41 Å². The van der Waals surface area contributed by atoms with E-state index in [4.69, 9.17) is 14.2 Å². The Morgan fingerprint density at radius 2 is 1.74 bits per heavy atom. The van der Waals surface area contributed by atoms with Gasteiger partial charge in [-0.05, 0) is 101 Å². The molecule has 2 aliphatic heterocycles. The molecule has 1 spiro atoms. The molecule has 1 aliphatic carbocycles. The van der Waals surface area contributed by atoms with Crippen LogP contribution in [-0.2, 0) is 16.0 Å². The normalized spacial score (nSPS) is 21.0. The molecule has 8 nitrogen and oxygen atoms in total. The van der Waals surface area contributed by atoms with Gasteiger partial charge in [-0.15, -0.1) is 0 Å². The lowest BCUT2D eigenvalue weighted by molar-refractivity contribution is -0.186. The number of methoxy groups -OCH3 is 2. The van der Waals surface area contributed by atoms with Crippen LogP contribution in [-0.4, -0.2) is 66.9 Å². The Morgan fingerprint density at radius 3 is 2.37 bits per heavy atom. The van der Waals surface area contributed by atoms with Crippen molar-refractivity contribution in [1.29, 1.82) is 0 Å². The number of aromatic nitrogens is 1. The minimum absolute atomic E-state index is 0.0968. The van der Waals surface area contributed by atoms with Gasteiger partial charge in [0, 0.05) is 61.4 Å². The van der Waals surface area contributed by atoms with Crippen molar-refractivity contribution in [3.63, 3.8) is 0 Å². The predicted octanol–water partition coefficient (Wildman–Crippen LogP) is 7.88. The number of halogens is 2. The summed E-state index contributed by atoms with van der Waals surface area (Å²) in [6.07, 6.45) is 4.48. The molecule has 1 atom stereocenters. The average molecular weight is 638 g/mol. The number of rotatable bonds is 6. The van der Waals surface area contributed by atoms with Crippen LogP contribution in [0.1, 0.15) is 92.4 Å². The Balaban J connectivity index is 1.43. The number of nitrogens with zero attached hydrogens (tertiary/aromatic N) is 3. The largest absolute Gasteiger partial charge is 0.496 e. The quantitative estimate of drug-likeness (QED) is 0.255. The van der Waals surface area contributed by atoms with Crippen molar-refractivity contribution in [2.75, 3.05) is 38.8 Å². The number of fused-ring (bicyclic) bond motifs is 1. The summed E-state index contributed by atoms with van der Waals surface area (Å²) in [7, 11) is 3.02. The molecule has 1 saturated carbocycles. The van der Waals surface area contributed by atoms with E-state index in [2.05, 4.69) is 9.80 Å². The number of hydrogen-bond donors (Lipinski definition) is 0. The number of aryl methyl sites for hydroxylation is 1. The van der Waals surface area contributed by atoms with Crippen LogP contribution in [0.5, 0.6) is 5.75 Å². The fourth-order valence-electron chi connectivity index (χ4n) is 7.92. The third-order valence-corrected chi connectivity index (χ3v) is 9.92. The third kappa shape index (κ3) is 6.08. The number of likely N-dealkylation sites (tertiary alicyclic amines) is 1. The van der Waals surface area contributed by atoms with E-state index < -0.39 is 29.0 Å². The summed E-state index contributed by atoms with van der Waals surface area (Å²) in [6.45, 7) is 10.3. The third-order valence-electron chi connectivity index (χ3n) is 9.92. The van der Waals surface area contributed by atoms with Gasteiger partial charge in [0.1, 0.15) is 11.4 Å². The molecule has 3 aromatic rings. The first-order valence-electron chi connectivity index (χ1n) is 16.2. The lowest BCUT2D eigenvalue weighted by atomic mass is 9.58. The molecule has 6 rings (SSSR count). The van der Waals surface area contributed by atoms with Crippen molar-refractivity contribution in [2.45, 2.75) is 90.3 Å². The number of piperidine rings is 1. The van der Waals surface area contributed by atoms with Crippen molar-refractivity contribution < 1.29 is 32.6 Å². The molecule has 0 unspecified atom stereocenters. The molecule has 0 amide bonds. The van der Waals surface area contributed by atoms with Gasteiger partial charge in [-0.2, -0.15) is 0 Å². The molecule has 10 heteroatoms. The smallest absolute Gasteiger partial charge is 0.419 e. The number of carbonyl (C=O) groups is 2. The van der Waals surface area contributed by atoms with Gasteiger partial charge in [0.25, 0.3) is 0 Å². The molecular weight excluding hydrogens is 592 g/mol. The molecule has 0 bridgehead atoms. The fraction of sp³-hybridized carbons (Fsp3) is 0.556. The SMILES string of the molecule is COC(=O)c1ccc([C@H]2CC3(CCN2Cc2c(OC)cc(C)c4c2ccn4C(=O)OC(C)(C)C)CC(F)(F)C3)c(N2CCCC2)c1. The number of hydrogen-bond acceptors (Lipinski definition) is 7. The monoisotopic (exact) mass is 637 g/mol. The highest BCUT2D eigenvalue weighted by molar-refractivity contribution is 5.95. The summed E-state index contributed by atoms with van der Waals surface area (Å²) in [5.41, 5.74) is 3.97. The maximum absolute atomic E-state index is 14.4. The molecule has 248 valence electrons. The fourth-order valence-corrected chi connectivity index (χ4v) is 7.92. The zero-order chi connectivity index (χ0) is 33.0. The number of esters is 1. The summed E-state index contributed by atoms with van der Waals surface area (Å²) in [5.74, 6) is -2.32. The van der Waals surface area contributed by atoms with E-state index in [0.717, 1.165) is 59.2 Å². The maximum atomic E-state index is 14.4. The first kappa shape index (κ1) is 32.3. The average Bonchev–Trinajstić information content (AvgIpc) is 3.68. The van der Waals surface area contributed by atoms with E-state index in [-0.39, 0.29) is 18.9 Å². The molecule has 46 heavy (non-hydrogen) atoms. The molecule has 0 N–H and O–H groups in total. The second-order valence-corrected chi connectivity index (χ2v) is 14.4. The minimum atomic E-state index is -2.63. The van der Waals surface area contributed by atoms with Crippen molar-refractivity contribution in [1.82, 2.24) is 9.47 Å². The molecular formula is C36H45F2N3O5. The summed E-state index contributed by atoms with van der Waals surface area (Å²) in [5, 5.41) is 0.887. The van der Waals surface area contributed by atoms with Crippen LogP contribution in [0.15, 0.2) is 36.5 Å². The Bertz CT molecular complexity index is 1650. The zero-order valence-electron chi connectivity index (χ0n) is 27.8. The zero-order valence-corrected chi connectivity index (χ0v) is 27.8. The van der Waals surface area contributed by atoms with E-state index in [0.29, 0.717) is 37.2 Å². The van der Waals surface area contributed by atoms with Crippen LogP contribution in [0.2, 0.25) is 0 Å². The first-order chi connectivity index (χ1) is 21.7. The number of benzene rings is 2. The lowest BCUT2D eigenvalue weighted by Gasteiger charge is -2.55. The molecule has 1 aromatic heterocycles. The van der Waals surface area contributed by atoms with Gasteiger partial charge in [-0.25, -0.2) is 18.4 Å². The maximum Gasteiger partial charge on any atom is 0.419 e. The number of carbonyl (C=O) groups excluding carboxylic acids is 2. The van der Waals surface area contributed by atoms with Gasteiger partial charge < -0.3 is 19.1 Å². The number of alkyl halides is 2. The highest BCUT2D eigenvalue weighted by Gasteiger charge is 2.58. The van der Waals surface area contributed by atoms with Crippen LogP contribution in [0.4, 0.5) is 19.3 Å². The number of ether oxygens (including phenoxy) is 3. The lowest BCUT2D eigenvalue weighted by Crippen LogP contribution is -2.53. The van der Waals surface area contributed by atoms with Crippen molar-refractivity contribution >= 4 is 28.7 Å². The Labute approximate surface area is 269 Å². The molecule has 3 heterocycles. The molecule has 2 saturated heterocycles. The van der Waals surface area contributed by atoms with Gasteiger partial charge in [-0.1, -0.05) is 6.07 Å². The number of anilines is 1. The van der Waals surface area contributed by atoms with Crippen molar-refractivity contribution in [3.8, 4) is 5.75 Å². The highest BCUT2D eigenvalue weighted by Crippen LogP contribution is 2.61. The first-order valence-corrected chi connectivity index (χ1v) is 16.2. The van der Waals surface area contributed by atoms with Crippen LogP contribution >= 0.6 is 0 Å². The van der Waals surface area contributed by atoms with Crippen LogP contribution in [0.25, 0.3) is 10.9 Å². The predicted molar refractivity (Wildman–Crippen MR) is 173 cm³/mol. The van der Waals surface area contributed by atoms with E-state index >= 15 is 0 Å².